The molecule has 0 aliphatic carbocycles. The van der Waals surface area contributed by atoms with Crippen LogP contribution in [0, 0.1) is 0 Å². The van der Waals surface area contributed by atoms with Crippen molar-refractivity contribution in [2.45, 2.75) is 13.8 Å². The van der Waals surface area contributed by atoms with E-state index in [1.165, 1.54) is 26.3 Å². The zero-order valence-corrected chi connectivity index (χ0v) is 10.4. The van der Waals surface area contributed by atoms with Crippen molar-refractivity contribution in [3.05, 3.63) is 23.8 Å². The van der Waals surface area contributed by atoms with Crippen molar-refractivity contribution < 1.29 is 28.9 Å². The molecular weight excluding hydrogens is 324 g/mol. The van der Waals surface area contributed by atoms with Gasteiger partial charge in [0, 0.05) is 0 Å². The normalized spacial score (nSPS) is 11.1. The van der Waals surface area contributed by atoms with Crippen LogP contribution in [0.2, 0.25) is 0 Å². The van der Waals surface area contributed by atoms with Crippen molar-refractivity contribution >= 4 is 9.87 Å². The third kappa shape index (κ3) is 3.89. The van der Waals surface area contributed by atoms with E-state index in [2.05, 4.69) is 6.58 Å². The molecule has 0 aliphatic heterocycles. The number of Topliss-reactive ketones (excluding diaryl/α,β-unsaturated/α-hetero) is 1. The number of carbonyl (C=O) groups is 1. The summed E-state index contributed by atoms with van der Waals surface area (Å²) in [5, 5.41) is 0. The Balaban J connectivity index is 4.44. The van der Waals surface area contributed by atoms with Crippen LogP contribution in [0.5, 0.6) is 0 Å². The van der Waals surface area contributed by atoms with Gasteiger partial charge in [0.1, 0.15) is 0 Å². The van der Waals surface area contributed by atoms with Crippen molar-refractivity contribution in [3.8, 4) is 0 Å². The van der Waals surface area contributed by atoms with Crippen LogP contribution in [0.15, 0.2) is 23.8 Å². The van der Waals surface area contributed by atoms with Gasteiger partial charge in [-0.15, -0.1) is 0 Å². The minimum atomic E-state index is 0.0649. The number of allylic oxidation sites excluding steroid dienone is 1. The summed E-state index contributed by atoms with van der Waals surface area (Å²) in [5.74, 6) is 0.0649. The number of rotatable bonds is 4. The molecule has 0 N–H and O–H groups in total. The maximum atomic E-state index is 10.8. The first-order chi connectivity index (χ1) is 5.49. The first-order valence-corrected chi connectivity index (χ1v) is 4.92. The Labute approximate surface area is 83.7 Å². The number of carbonyl (C=O) groups excluding carboxylic acids is 1. The molecule has 66 valence electrons. The van der Waals surface area contributed by atoms with Crippen molar-refractivity contribution in [2.24, 2.45) is 0 Å². The van der Waals surface area contributed by atoms with Gasteiger partial charge in [-0.1, -0.05) is 0 Å². The van der Waals surface area contributed by atoms with Crippen LogP contribution in [0.1, 0.15) is 13.8 Å². The number of hydrogen-bond donors (Lipinski definition) is 0. The topological polar surface area (TPSA) is 26.3 Å². The number of ether oxygens (including phenoxy) is 1. The van der Waals surface area contributed by atoms with E-state index in [1.807, 2.05) is 0 Å². The number of ketones is 1. The monoisotopic (exact) mass is 336 g/mol. The van der Waals surface area contributed by atoms with Crippen LogP contribution >= 0.6 is 0 Å². The third-order valence-corrected chi connectivity index (χ3v) is 2.93. The summed E-state index contributed by atoms with van der Waals surface area (Å²) < 4.78 is 5.81. The number of hydrogen-bond acceptors (Lipinski definition) is 2. The van der Waals surface area contributed by atoms with Gasteiger partial charge in [-0.05, 0) is 0 Å². The van der Waals surface area contributed by atoms with Crippen LogP contribution in [0.3, 0.4) is 0 Å². The fraction of sp³-hybridized carbons (Fsp3) is 0.333. The van der Waals surface area contributed by atoms with Crippen molar-refractivity contribution in [3.63, 3.8) is 0 Å². The fourth-order valence-corrected chi connectivity index (χ4v) is 0.765. The van der Waals surface area contributed by atoms with Gasteiger partial charge in [-0.2, -0.15) is 0 Å². The summed E-state index contributed by atoms with van der Waals surface area (Å²) in [7, 11) is 1.60. The predicted octanol–water partition coefficient (Wildman–Crippen LogP) is 1.40. The van der Waals surface area contributed by atoms with Gasteiger partial charge in [-0.3, -0.25) is 0 Å². The first-order valence-electron chi connectivity index (χ1n) is 3.45. The molecule has 0 radical (unpaired) electrons. The molecule has 0 heterocycles. The second-order valence-corrected chi connectivity index (χ2v) is 3.73. The summed E-state index contributed by atoms with van der Waals surface area (Å²) in [6.45, 7) is 7.08. The van der Waals surface area contributed by atoms with Crippen LogP contribution in [0.4, 0.5) is 0 Å². The van der Waals surface area contributed by atoms with Gasteiger partial charge in [0.15, 0.2) is 0 Å². The Morgan fingerprint density at radius 3 is 2.33 bits per heavy atom. The summed E-state index contributed by atoms with van der Waals surface area (Å²) in [4.78, 5) is 10.8. The van der Waals surface area contributed by atoms with E-state index in [-0.39, 0.29) is 5.78 Å². The van der Waals surface area contributed by atoms with E-state index in [0.29, 0.717) is 5.57 Å². The molecule has 0 aromatic rings. The number of methoxy groups -OCH3 is 1. The molecule has 0 aromatic heterocycles. The summed E-state index contributed by atoms with van der Waals surface area (Å²) in [6, 6.07) is 0. The summed E-state index contributed by atoms with van der Waals surface area (Å²) in [5.41, 5.74) is 1.48. The van der Waals surface area contributed by atoms with Crippen LogP contribution < -0.4 is 0 Å². The van der Waals surface area contributed by atoms with E-state index in [0.717, 1.165) is 9.66 Å². The Bertz CT molecular complexity index is 251. The van der Waals surface area contributed by atoms with Gasteiger partial charge in [-0.25, -0.2) is 0 Å². The molecule has 0 spiro atoms. The second-order valence-electron chi connectivity index (χ2n) is 2.40. The maximum absolute atomic E-state index is 10.8. The molecule has 0 saturated carbocycles. The van der Waals surface area contributed by atoms with E-state index in [4.69, 9.17) is 4.74 Å². The molecule has 0 aliphatic rings. The quantitative estimate of drug-likeness (QED) is 0.573. The Morgan fingerprint density at radius 2 is 2.00 bits per heavy atom. The third-order valence-electron chi connectivity index (χ3n) is 1.39. The molecule has 2 nitrogen and oxygen atoms in total. The second kappa shape index (κ2) is 5.34. The van der Waals surface area contributed by atoms with Gasteiger partial charge in [0.05, 0.1) is 0 Å². The molecule has 0 amide bonds. The molecule has 0 atom stereocenters. The van der Waals surface area contributed by atoms with E-state index >= 15 is 0 Å². The SMILES string of the molecule is C=C(/C=C(\C)C(C)=O)[C](=[W])OC. The zero-order chi connectivity index (χ0) is 9.72. The average Bonchev–Trinajstić information content (AvgIpc) is 2.02. The van der Waals surface area contributed by atoms with Crippen LogP contribution in [-0.4, -0.2) is 17.0 Å². The fourth-order valence-electron chi connectivity index (χ4n) is 0.553. The Hall–Kier alpha value is -0.332. The predicted molar refractivity (Wildman–Crippen MR) is 45.6 cm³/mol. The van der Waals surface area contributed by atoms with E-state index < -0.39 is 0 Å². The molecule has 0 rings (SSSR count). The zero-order valence-electron chi connectivity index (χ0n) is 7.51. The molecule has 3 heteroatoms. The standard InChI is InChI=1S/C9H12O2.W/c1-7(6-11-4)5-8(2)9(3)10;/h5H,1H2,2-4H3;/b8-5+;. The molecule has 0 bridgehead atoms. The summed E-state index contributed by atoms with van der Waals surface area (Å²) >= 11 is 1.21. The molecule has 0 aromatic carbocycles. The minimum absolute atomic E-state index is 0.0649. The van der Waals surface area contributed by atoms with Gasteiger partial charge < -0.3 is 0 Å². The molecule has 0 fully saturated rings. The van der Waals surface area contributed by atoms with Crippen LogP contribution in [-0.2, 0) is 28.9 Å². The van der Waals surface area contributed by atoms with Gasteiger partial charge in [0.25, 0.3) is 0 Å². The van der Waals surface area contributed by atoms with Crippen molar-refractivity contribution in [1.29, 1.82) is 0 Å². The van der Waals surface area contributed by atoms with Gasteiger partial charge in [0.2, 0.25) is 0 Å². The molecule has 0 saturated heterocycles. The average molecular weight is 336 g/mol. The first kappa shape index (κ1) is 11.7. The van der Waals surface area contributed by atoms with E-state index in [1.54, 1.807) is 20.1 Å². The van der Waals surface area contributed by atoms with E-state index in [9.17, 15) is 4.79 Å². The molecule has 12 heavy (non-hydrogen) atoms. The van der Waals surface area contributed by atoms with Gasteiger partial charge >= 0.3 is 83.5 Å². The molecule has 0 unspecified atom stereocenters. The van der Waals surface area contributed by atoms with Crippen molar-refractivity contribution in [2.75, 3.05) is 7.11 Å². The Morgan fingerprint density at radius 1 is 1.50 bits per heavy atom. The summed E-state index contributed by atoms with van der Waals surface area (Å²) in [6.07, 6.45) is 1.74. The van der Waals surface area contributed by atoms with Crippen molar-refractivity contribution in [1.82, 2.24) is 0 Å². The Kier molecular flexibility index (Phi) is 5.19. The van der Waals surface area contributed by atoms with Crippen LogP contribution in [0.25, 0.3) is 0 Å². The molecular formula is C9H12O2W.